The van der Waals surface area contributed by atoms with Crippen LogP contribution in [0.2, 0.25) is 0 Å². The van der Waals surface area contributed by atoms with Crippen molar-refractivity contribution in [3.05, 3.63) is 35.9 Å². The van der Waals surface area contributed by atoms with Gasteiger partial charge in [-0.15, -0.1) is 0 Å². The molecule has 9 heteroatoms. The largest absolute Gasteiger partial charge is 0.373 e. The lowest BCUT2D eigenvalue weighted by Gasteiger charge is -2.36. The van der Waals surface area contributed by atoms with Crippen LogP contribution in [-0.2, 0) is 21.3 Å². The number of ether oxygens (including phenoxy) is 1. The molecule has 0 aromatic heterocycles. The molecule has 8 nitrogen and oxygen atoms in total. The number of sulfonamides is 1. The van der Waals surface area contributed by atoms with Crippen LogP contribution in [0.25, 0.3) is 0 Å². The highest BCUT2D eigenvalue weighted by Gasteiger charge is 2.41. The summed E-state index contributed by atoms with van der Waals surface area (Å²) < 4.78 is 30.8. The van der Waals surface area contributed by atoms with Gasteiger partial charge in [0.15, 0.2) is 5.96 Å². The number of guanidine groups is 1. The molecule has 2 heterocycles. The Morgan fingerprint density at radius 1 is 1.25 bits per heavy atom. The first-order valence-electron chi connectivity index (χ1n) is 9.76. The van der Waals surface area contributed by atoms with Crippen LogP contribution < -0.4 is 10.0 Å². The summed E-state index contributed by atoms with van der Waals surface area (Å²) in [7, 11) is -1.35. The molecule has 2 N–H and O–H groups in total. The normalized spacial score (nSPS) is 23.6. The zero-order valence-electron chi connectivity index (χ0n) is 16.7. The summed E-state index contributed by atoms with van der Waals surface area (Å²) in [4.78, 5) is 9.15. The molecule has 0 aliphatic carbocycles. The van der Waals surface area contributed by atoms with Crippen molar-refractivity contribution < 1.29 is 13.2 Å². The van der Waals surface area contributed by atoms with Crippen molar-refractivity contribution in [1.82, 2.24) is 19.8 Å². The SMILES string of the molecule is CN=C(NCCCNS(C)(=O)=O)N1CC2OCCN(Cc3ccccc3)C2C1. The molecule has 2 aliphatic heterocycles. The Morgan fingerprint density at radius 3 is 2.75 bits per heavy atom. The van der Waals surface area contributed by atoms with Crippen LogP contribution in [0.3, 0.4) is 0 Å². The molecule has 2 aliphatic rings. The van der Waals surface area contributed by atoms with Crippen molar-refractivity contribution in [2.45, 2.75) is 25.1 Å². The van der Waals surface area contributed by atoms with Crippen molar-refractivity contribution >= 4 is 16.0 Å². The molecule has 28 heavy (non-hydrogen) atoms. The first-order chi connectivity index (χ1) is 13.5. The van der Waals surface area contributed by atoms with Gasteiger partial charge in [-0.3, -0.25) is 9.89 Å². The number of morpholine rings is 1. The Bertz CT molecular complexity index is 756. The van der Waals surface area contributed by atoms with Gasteiger partial charge in [0.05, 0.1) is 25.0 Å². The lowest BCUT2D eigenvalue weighted by Crippen LogP contribution is -2.50. The summed E-state index contributed by atoms with van der Waals surface area (Å²) in [6.45, 7) is 5.40. The summed E-state index contributed by atoms with van der Waals surface area (Å²) in [5, 5.41) is 3.34. The molecule has 2 saturated heterocycles. The number of hydrogen-bond acceptors (Lipinski definition) is 5. The fourth-order valence-electron chi connectivity index (χ4n) is 3.82. The molecular weight excluding hydrogens is 378 g/mol. The van der Waals surface area contributed by atoms with E-state index >= 15 is 0 Å². The van der Waals surface area contributed by atoms with E-state index in [9.17, 15) is 8.42 Å². The van der Waals surface area contributed by atoms with Gasteiger partial charge in [-0.1, -0.05) is 30.3 Å². The fourth-order valence-corrected chi connectivity index (χ4v) is 4.34. The van der Waals surface area contributed by atoms with E-state index in [0.29, 0.717) is 25.6 Å². The van der Waals surface area contributed by atoms with Gasteiger partial charge in [0.2, 0.25) is 10.0 Å². The van der Waals surface area contributed by atoms with Crippen LogP contribution in [0, 0.1) is 0 Å². The Hall–Kier alpha value is -1.68. The first-order valence-corrected chi connectivity index (χ1v) is 11.7. The molecule has 0 bridgehead atoms. The van der Waals surface area contributed by atoms with Gasteiger partial charge in [-0.05, 0) is 12.0 Å². The van der Waals surface area contributed by atoms with E-state index in [2.05, 4.69) is 49.1 Å². The zero-order chi connectivity index (χ0) is 20.0. The predicted molar refractivity (Wildman–Crippen MR) is 111 cm³/mol. The maximum atomic E-state index is 11.1. The number of aliphatic imine (C=N–C) groups is 1. The van der Waals surface area contributed by atoms with E-state index in [0.717, 1.165) is 38.7 Å². The fraction of sp³-hybridized carbons (Fsp3) is 0.632. The van der Waals surface area contributed by atoms with Crippen LogP contribution >= 0.6 is 0 Å². The second kappa shape index (κ2) is 9.69. The third-order valence-electron chi connectivity index (χ3n) is 5.16. The van der Waals surface area contributed by atoms with E-state index in [1.165, 1.54) is 11.8 Å². The van der Waals surface area contributed by atoms with Crippen LogP contribution in [0.5, 0.6) is 0 Å². The highest BCUT2D eigenvalue weighted by atomic mass is 32.2. The van der Waals surface area contributed by atoms with Gasteiger partial charge in [-0.25, -0.2) is 13.1 Å². The average Bonchev–Trinajstić information content (AvgIpc) is 3.10. The van der Waals surface area contributed by atoms with Gasteiger partial charge in [-0.2, -0.15) is 0 Å². The third kappa shape index (κ3) is 5.91. The molecule has 1 aromatic carbocycles. The minimum absolute atomic E-state index is 0.183. The van der Waals surface area contributed by atoms with Gasteiger partial charge in [0.1, 0.15) is 0 Å². The zero-order valence-corrected chi connectivity index (χ0v) is 17.5. The molecule has 1 aromatic rings. The average molecular weight is 410 g/mol. The lowest BCUT2D eigenvalue weighted by atomic mass is 10.1. The molecule has 0 radical (unpaired) electrons. The molecule has 0 spiro atoms. The molecule has 0 amide bonds. The number of hydrogen-bond donors (Lipinski definition) is 2. The van der Waals surface area contributed by atoms with E-state index in [-0.39, 0.29) is 6.10 Å². The van der Waals surface area contributed by atoms with Crippen LogP contribution in [-0.4, -0.2) is 89.0 Å². The summed E-state index contributed by atoms with van der Waals surface area (Å²) in [5.41, 5.74) is 1.32. The smallest absolute Gasteiger partial charge is 0.208 e. The van der Waals surface area contributed by atoms with Crippen molar-refractivity contribution in [3.8, 4) is 0 Å². The van der Waals surface area contributed by atoms with Crippen LogP contribution in [0.1, 0.15) is 12.0 Å². The van der Waals surface area contributed by atoms with Crippen molar-refractivity contribution in [1.29, 1.82) is 0 Å². The number of rotatable bonds is 7. The van der Waals surface area contributed by atoms with Gasteiger partial charge < -0.3 is 15.0 Å². The summed E-state index contributed by atoms with van der Waals surface area (Å²) >= 11 is 0. The van der Waals surface area contributed by atoms with Crippen molar-refractivity contribution in [2.75, 3.05) is 52.6 Å². The number of fused-ring (bicyclic) bond motifs is 1. The first kappa shape index (κ1) is 21.0. The molecule has 156 valence electrons. The summed E-state index contributed by atoms with van der Waals surface area (Å²) in [6, 6.07) is 10.9. The Labute approximate surface area is 168 Å². The van der Waals surface area contributed by atoms with Crippen molar-refractivity contribution in [3.63, 3.8) is 0 Å². The minimum atomic E-state index is -3.13. The Balaban J connectivity index is 1.51. The van der Waals surface area contributed by atoms with Gasteiger partial charge >= 0.3 is 0 Å². The maximum Gasteiger partial charge on any atom is 0.208 e. The summed E-state index contributed by atoms with van der Waals surface area (Å²) in [5.74, 6) is 0.844. The summed E-state index contributed by atoms with van der Waals surface area (Å²) in [6.07, 6.45) is 2.05. The molecular formula is C19H31N5O3S. The van der Waals surface area contributed by atoms with Crippen LogP contribution in [0.15, 0.2) is 35.3 Å². The molecule has 3 rings (SSSR count). The standard InChI is InChI=1S/C19H31N5O3S/c1-20-19(21-9-6-10-22-28(2,25)26)24-14-17-18(15-24)27-12-11-23(17)13-16-7-4-3-5-8-16/h3-5,7-8,17-18,22H,6,9-15H2,1-2H3,(H,20,21). The molecule has 2 atom stereocenters. The monoisotopic (exact) mass is 409 g/mol. The topological polar surface area (TPSA) is 86.3 Å². The number of nitrogens with one attached hydrogen (secondary N) is 2. The minimum Gasteiger partial charge on any atom is -0.373 e. The van der Waals surface area contributed by atoms with E-state index < -0.39 is 10.0 Å². The maximum absolute atomic E-state index is 11.1. The number of nitrogens with zero attached hydrogens (tertiary/aromatic N) is 3. The number of likely N-dealkylation sites (tertiary alicyclic amines) is 1. The Kier molecular flexibility index (Phi) is 7.28. The van der Waals surface area contributed by atoms with Gasteiger partial charge in [0, 0.05) is 46.3 Å². The van der Waals surface area contributed by atoms with Crippen LogP contribution in [0.4, 0.5) is 0 Å². The quantitative estimate of drug-likeness (QED) is 0.377. The second-order valence-electron chi connectivity index (χ2n) is 7.33. The van der Waals surface area contributed by atoms with E-state index in [4.69, 9.17) is 4.74 Å². The number of benzene rings is 1. The lowest BCUT2D eigenvalue weighted by molar-refractivity contribution is -0.0502. The van der Waals surface area contributed by atoms with E-state index in [1.54, 1.807) is 7.05 Å². The molecule has 2 fully saturated rings. The third-order valence-corrected chi connectivity index (χ3v) is 5.89. The van der Waals surface area contributed by atoms with Crippen molar-refractivity contribution in [2.24, 2.45) is 4.99 Å². The molecule has 0 saturated carbocycles. The molecule has 2 unspecified atom stereocenters. The highest BCUT2D eigenvalue weighted by Crippen LogP contribution is 2.24. The Morgan fingerprint density at radius 2 is 2.04 bits per heavy atom. The van der Waals surface area contributed by atoms with Gasteiger partial charge in [0.25, 0.3) is 0 Å². The predicted octanol–water partition coefficient (Wildman–Crippen LogP) is 0.0863. The highest BCUT2D eigenvalue weighted by molar-refractivity contribution is 7.88. The second-order valence-corrected chi connectivity index (χ2v) is 9.16. The van der Waals surface area contributed by atoms with E-state index in [1.807, 2.05) is 6.07 Å².